The minimum absolute atomic E-state index is 0. The summed E-state index contributed by atoms with van der Waals surface area (Å²) in [5.41, 5.74) is 27.5. The molecule has 48 heavy (non-hydrogen) atoms. The largest absolute Gasteiger partial charge is 0.382 e. The normalized spacial score (nSPS) is 12.1. The summed E-state index contributed by atoms with van der Waals surface area (Å²) in [6, 6.07) is 19.6. The smallest absolute Gasteiger partial charge is 0.280 e. The van der Waals surface area contributed by atoms with E-state index in [1.165, 1.54) is 11.1 Å². The number of nitrogens with one attached hydrogen (secondary N) is 2. The Kier molecular flexibility index (Phi) is 14.4. The first-order valence-electron chi connectivity index (χ1n) is 15.5. The lowest BCUT2D eigenvalue weighted by atomic mass is 9.93. The molecule has 0 fully saturated rings. The molecule has 0 aliphatic carbocycles. The summed E-state index contributed by atoms with van der Waals surface area (Å²) in [4.78, 5) is 39.4. The lowest BCUT2D eigenvalue weighted by Gasteiger charge is -2.16. The number of nitrogen functional groups attached to an aromatic ring is 2. The standard InChI is InChI=1S/C34H43ClN10O2.H2S/c1-45(2)19-7-8-21-12-16-24(17-13-21)41-32(46)27(36)20-23-15-14-22(25-10-3-4-11-26(23)25)9-5-6-18-40-34(39)44-33(47)28-30(37)43-31(38)29(35)42-28;/h3-4,10-17,27H,5-9,18-20,36H2,1-2H3,(H,41,46)(H4,37,38,43)(H3,39,40,44,47);1H2/t27-;/m0./s1. The molecule has 12 nitrogen and oxygen atoms in total. The lowest BCUT2D eigenvalue weighted by Crippen LogP contribution is -2.38. The van der Waals surface area contributed by atoms with Gasteiger partial charge in [-0.15, -0.1) is 0 Å². The number of fused-ring (bicyclic) bond motifs is 1. The van der Waals surface area contributed by atoms with E-state index >= 15 is 0 Å². The van der Waals surface area contributed by atoms with Crippen molar-refractivity contribution in [3.05, 3.63) is 88.2 Å². The third-order valence-corrected chi connectivity index (χ3v) is 7.95. The number of hydrogen-bond acceptors (Lipinski definition) is 9. The average molecular weight is 693 g/mol. The molecule has 0 radical (unpaired) electrons. The molecule has 0 spiro atoms. The first kappa shape index (κ1) is 38.0. The van der Waals surface area contributed by atoms with Crippen LogP contribution in [0.4, 0.5) is 17.3 Å². The molecule has 0 bridgehead atoms. The number of unbranched alkanes of at least 4 members (excludes halogenated alkanes) is 1. The zero-order valence-corrected chi connectivity index (χ0v) is 29.1. The fourth-order valence-electron chi connectivity index (χ4n) is 5.19. The van der Waals surface area contributed by atoms with Gasteiger partial charge in [0.2, 0.25) is 5.91 Å². The fourth-order valence-corrected chi connectivity index (χ4v) is 5.32. The van der Waals surface area contributed by atoms with Crippen LogP contribution in [-0.4, -0.2) is 65.9 Å². The van der Waals surface area contributed by atoms with Gasteiger partial charge in [0.1, 0.15) is 0 Å². The number of carbonyl (C=O) groups excluding carboxylic acids is 2. The van der Waals surface area contributed by atoms with Crippen molar-refractivity contribution in [2.24, 2.45) is 16.5 Å². The molecule has 4 aromatic rings. The molecule has 2 amide bonds. The Labute approximate surface area is 293 Å². The number of carbonyl (C=O) groups is 2. The molecule has 256 valence electrons. The molecule has 0 saturated heterocycles. The number of nitrogens with two attached hydrogens (primary N) is 4. The second kappa shape index (κ2) is 18.2. The predicted molar refractivity (Wildman–Crippen MR) is 201 cm³/mol. The van der Waals surface area contributed by atoms with Crippen molar-refractivity contribution < 1.29 is 9.59 Å². The zero-order valence-electron chi connectivity index (χ0n) is 27.3. The number of aromatic nitrogens is 2. The van der Waals surface area contributed by atoms with Gasteiger partial charge in [-0.2, -0.15) is 13.5 Å². The third-order valence-electron chi connectivity index (χ3n) is 7.67. The maximum Gasteiger partial charge on any atom is 0.280 e. The number of benzene rings is 3. The number of nitrogens with zero attached hydrogens (tertiary/aromatic N) is 4. The summed E-state index contributed by atoms with van der Waals surface area (Å²) in [7, 11) is 4.14. The van der Waals surface area contributed by atoms with Crippen molar-refractivity contribution in [3.63, 3.8) is 0 Å². The summed E-state index contributed by atoms with van der Waals surface area (Å²) in [6.45, 7) is 1.45. The summed E-state index contributed by atoms with van der Waals surface area (Å²) < 4.78 is 0. The van der Waals surface area contributed by atoms with E-state index in [0.717, 1.165) is 60.7 Å². The highest BCUT2D eigenvalue weighted by atomic mass is 35.5. The van der Waals surface area contributed by atoms with Crippen LogP contribution < -0.4 is 33.6 Å². The maximum absolute atomic E-state index is 13.0. The van der Waals surface area contributed by atoms with Gasteiger partial charge >= 0.3 is 0 Å². The van der Waals surface area contributed by atoms with E-state index in [9.17, 15) is 9.59 Å². The van der Waals surface area contributed by atoms with Crippen LogP contribution in [0.15, 0.2) is 65.7 Å². The monoisotopic (exact) mass is 692 g/mol. The number of aryl methyl sites for hydroxylation is 2. The highest BCUT2D eigenvalue weighted by Gasteiger charge is 2.18. The minimum atomic E-state index is -0.701. The van der Waals surface area contributed by atoms with Gasteiger partial charge in [0, 0.05) is 12.2 Å². The molecule has 3 aromatic carbocycles. The zero-order chi connectivity index (χ0) is 33.9. The van der Waals surface area contributed by atoms with E-state index < -0.39 is 11.9 Å². The Balaban J connectivity index is 0.00000625. The number of guanidine groups is 1. The molecular weight excluding hydrogens is 648 g/mol. The van der Waals surface area contributed by atoms with Crippen LogP contribution in [0.3, 0.4) is 0 Å². The first-order valence-corrected chi connectivity index (χ1v) is 15.9. The van der Waals surface area contributed by atoms with Gasteiger partial charge < -0.3 is 33.2 Å². The molecule has 0 aliphatic heterocycles. The Morgan fingerprint density at radius 2 is 1.56 bits per heavy atom. The van der Waals surface area contributed by atoms with E-state index in [0.29, 0.717) is 13.0 Å². The third kappa shape index (κ3) is 10.8. The van der Waals surface area contributed by atoms with Crippen LogP contribution in [0.5, 0.6) is 0 Å². The van der Waals surface area contributed by atoms with Crippen LogP contribution in [0.2, 0.25) is 5.15 Å². The molecule has 0 unspecified atom stereocenters. The van der Waals surface area contributed by atoms with Gasteiger partial charge in [-0.1, -0.05) is 60.1 Å². The lowest BCUT2D eigenvalue weighted by molar-refractivity contribution is -0.117. The Morgan fingerprint density at radius 3 is 2.25 bits per heavy atom. The number of anilines is 3. The van der Waals surface area contributed by atoms with Crippen molar-refractivity contribution in [1.29, 1.82) is 0 Å². The van der Waals surface area contributed by atoms with Gasteiger partial charge in [0.15, 0.2) is 28.4 Å². The molecule has 1 atom stereocenters. The van der Waals surface area contributed by atoms with Crippen molar-refractivity contribution >= 4 is 71.0 Å². The molecule has 10 N–H and O–H groups in total. The number of hydrogen-bond donors (Lipinski definition) is 6. The summed E-state index contributed by atoms with van der Waals surface area (Å²) in [5.74, 6) is -1.19. The number of rotatable bonds is 14. The van der Waals surface area contributed by atoms with Crippen LogP contribution in [0.25, 0.3) is 10.8 Å². The number of amides is 2. The van der Waals surface area contributed by atoms with Crippen LogP contribution >= 0.6 is 25.1 Å². The van der Waals surface area contributed by atoms with Gasteiger partial charge in [0.05, 0.1) is 6.04 Å². The van der Waals surface area contributed by atoms with Crippen molar-refractivity contribution in [2.75, 3.05) is 44.0 Å². The van der Waals surface area contributed by atoms with Gasteiger partial charge in [-0.3, -0.25) is 19.9 Å². The maximum atomic E-state index is 13.0. The Hall–Kier alpha value is -4.43. The average Bonchev–Trinajstić information content (AvgIpc) is 3.04. The summed E-state index contributed by atoms with van der Waals surface area (Å²) in [5, 5.41) is 7.47. The second-order valence-corrected chi connectivity index (χ2v) is 12.0. The summed E-state index contributed by atoms with van der Waals surface area (Å²) >= 11 is 5.84. The molecular formula is C34H45ClN10O2S. The summed E-state index contributed by atoms with van der Waals surface area (Å²) in [6.07, 6.45) is 4.88. The van der Waals surface area contributed by atoms with Crippen LogP contribution in [0, 0.1) is 0 Å². The fraction of sp³-hybridized carbons (Fsp3) is 0.324. The molecule has 0 saturated carbocycles. The van der Waals surface area contributed by atoms with E-state index in [-0.39, 0.29) is 47.8 Å². The SMILES string of the molecule is CN(C)CCCc1ccc(NC(=O)[C@@H](N)Cc2ccc(CCCCN=C(N)NC(=O)c3nc(Cl)c(N)nc3N)c3ccccc23)cc1.S. The highest BCUT2D eigenvalue weighted by molar-refractivity contribution is 7.59. The molecule has 0 aliphatic rings. The van der Waals surface area contributed by atoms with Crippen molar-refractivity contribution in [2.45, 2.75) is 44.6 Å². The predicted octanol–water partition coefficient (Wildman–Crippen LogP) is 3.63. The highest BCUT2D eigenvalue weighted by Crippen LogP contribution is 2.25. The van der Waals surface area contributed by atoms with Gasteiger partial charge in [-0.05, 0) is 98.8 Å². The second-order valence-electron chi connectivity index (χ2n) is 11.6. The van der Waals surface area contributed by atoms with Gasteiger partial charge in [-0.25, -0.2) is 9.97 Å². The molecule has 14 heteroatoms. The first-order chi connectivity index (χ1) is 22.5. The van der Waals surface area contributed by atoms with E-state index in [1.54, 1.807) is 0 Å². The Morgan fingerprint density at radius 1 is 0.896 bits per heavy atom. The van der Waals surface area contributed by atoms with Crippen LogP contribution in [-0.2, 0) is 24.1 Å². The number of aliphatic imine (C=N–C) groups is 1. The quantitative estimate of drug-likeness (QED) is 0.0648. The molecule has 1 aromatic heterocycles. The van der Waals surface area contributed by atoms with Crippen molar-refractivity contribution in [1.82, 2.24) is 20.2 Å². The number of halogens is 1. The molecule has 1 heterocycles. The van der Waals surface area contributed by atoms with E-state index in [2.05, 4.69) is 68.9 Å². The Bertz CT molecular complexity index is 1730. The van der Waals surface area contributed by atoms with E-state index in [4.69, 9.17) is 34.5 Å². The minimum Gasteiger partial charge on any atom is -0.382 e. The molecule has 4 rings (SSSR count). The topological polar surface area (TPSA) is 204 Å². The van der Waals surface area contributed by atoms with Crippen molar-refractivity contribution in [3.8, 4) is 0 Å². The van der Waals surface area contributed by atoms with E-state index in [1.807, 2.05) is 36.4 Å². The van der Waals surface area contributed by atoms with Gasteiger partial charge in [0.25, 0.3) is 5.91 Å². The van der Waals surface area contributed by atoms with Crippen LogP contribution in [0.1, 0.15) is 46.4 Å².